The molecule has 0 aromatic rings. The lowest BCUT2D eigenvalue weighted by atomic mass is 10.1. The molecule has 122 valence electrons. The highest BCUT2D eigenvalue weighted by atomic mass is 16.7. The zero-order chi connectivity index (χ0) is 16.5. The van der Waals surface area contributed by atoms with E-state index in [9.17, 15) is 0 Å². The van der Waals surface area contributed by atoms with Crippen molar-refractivity contribution < 1.29 is 9.47 Å². The standard InChI is InChI=1S/C19H34O2/c1-15(2)11-9-12-18(7)13-10-14-19(8,20-16(3)4)21-17(5)6/h10-11,13-14,16-17H,9,12H2,1-8H3/b14-10+,18-13+. The molecule has 0 aliphatic heterocycles. The van der Waals surface area contributed by atoms with Crippen LogP contribution in [0, 0.1) is 0 Å². The molecule has 0 saturated carbocycles. The van der Waals surface area contributed by atoms with Crippen LogP contribution in [-0.4, -0.2) is 18.0 Å². The lowest BCUT2D eigenvalue weighted by Crippen LogP contribution is -2.35. The van der Waals surface area contributed by atoms with Crippen LogP contribution in [-0.2, 0) is 9.47 Å². The normalized spacial score (nSPS) is 13.5. The Morgan fingerprint density at radius 2 is 1.52 bits per heavy atom. The Labute approximate surface area is 131 Å². The summed E-state index contributed by atoms with van der Waals surface area (Å²) in [5.74, 6) is -0.668. The highest BCUT2D eigenvalue weighted by molar-refractivity contribution is 5.13. The topological polar surface area (TPSA) is 18.5 Å². The molecular weight excluding hydrogens is 260 g/mol. The maximum Gasteiger partial charge on any atom is 0.185 e. The zero-order valence-corrected chi connectivity index (χ0v) is 15.2. The molecule has 0 aliphatic carbocycles. The number of ether oxygens (including phenoxy) is 2. The highest BCUT2D eigenvalue weighted by Gasteiger charge is 2.24. The lowest BCUT2D eigenvalue weighted by Gasteiger charge is -2.30. The molecule has 21 heavy (non-hydrogen) atoms. The molecule has 2 nitrogen and oxygen atoms in total. The van der Waals surface area contributed by atoms with Gasteiger partial charge in [-0.3, -0.25) is 0 Å². The number of allylic oxidation sites excluding steroid dienone is 5. The van der Waals surface area contributed by atoms with Crippen molar-refractivity contribution in [1.82, 2.24) is 0 Å². The minimum atomic E-state index is -0.668. The Hall–Kier alpha value is -0.860. The number of rotatable bonds is 9. The monoisotopic (exact) mass is 294 g/mol. The van der Waals surface area contributed by atoms with Gasteiger partial charge in [0.15, 0.2) is 5.79 Å². The Morgan fingerprint density at radius 3 is 1.95 bits per heavy atom. The Kier molecular flexibility index (Phi) is 9.56. The van der Waals surface area contributed by atoms with Crippen molar-refractivity contribution >= 4 is 0 Å². The summed E-state index contributed by atoms with van der Waals surface area (Å²) in [4.78, 5) is 0. The second kappa shape index (κ2) is 9.97. The fraction of sp³-hybridized carbons (Fsp3) is 0.684. The Bertz CT molecular complexity index is 359. The van der Waals surface area contributed by atoms with Crippen molar-refractivity contribution in [3.05, 3.63) is 35.5 Å². The van der Waals surface area contributed by atoms with Gasteiger partial charge in [-0.1, -0.05) is 29.4 Å². The van der Waals surface area contributed by atoms with Gasteiger partial charge in [0, 0.05) is 0 Å². The van der Waals surface area contributed by atoms with E-state index in [4.69, 9.17) is 9.47 Å². The first-order valence-electron chi connectivity index (χ1n) is 7.98. The van der Waals surface area contributed by atoms with Crippen molar-refractivity contribution in [2.45, 2.75) is 86.2 Å². The van der Waals surface area contributed by atoms with Crippen LogP contribution in [0.4, 0.5) is 0 Å². The maximum atomic E-state index is 5.90. The van der Waals surface area contributed by atoms with Crippen molar-refractivity contribution in [1.29, 1.82) is 0 Å². The maximum absolute atomic E-state index is 5.90. The summed E-state index contributed by atoms with van der Waals surface area (Å²) in [6.07, 6.45) is 10.9. The largest absolute Gasteiger partial charge is 0.344 e. The van der Waals surface area contributed by atoms with Crippen LogP contribution in [0.25, 0.3) is 0 Å². The van der Waals surface area contributed by atoms with Crippen molar-refractivity contribution in [3.63, 3.8) is 0 Å². The lowest BCUT2D eigenvalue weighted by molar-refractivity contribution is -0.226. The summed E-state index contributed by atoms with van der Waals surface area (Å²) >= 11 is 0. The van der Waals surface area contributed by atoms with Gasteiger partial charge in [0.05, 0.1) is 12.2 Å². The summed E-state index contributed by atoms with van der Waals surface area (Å²) < 4.78 is 11.8. The Morgan fingerprint density at radius 1 is 1.00 bits per heavy atom. The van der Waals surface area contributed by atoms with E-state index in [1.54, 1.807) is 0 Å². The summed E-state index contributed by atoms with van der Waals surface area (Å²) in [6.45, 7) is 16.5. The average molecular weight is 294 g/mol. The van der Waals surface area contributed by atoms with Gasteiger partial charge in [0.2, 0.25) is 0 Å². The van der Waals surface area contributed by atoms with Gasteiger partial charge >= 0.3 is 0 Å². The van der Waals surface area contributed by atoms with Gasteiger partial charge in [-0.2, -0.15) is 0 Å². The summed E-state index contributed by atoms with van der Waals surface area (Å²) in [7, 11) is 0. The van der Waals surface area contributed by atoms with Gasteiger partial charge in [-0.15, -0.1) is 0 Å². The van der Waals surface area contributed by atoms with E-state index in [0.717, 1.165) is 12.8 Å². The number of hydrogen-bond donors (Lipinski definition) is 0. The SMILES string of the molecule is CC(C)=CCC/C(C)=C/C=C/C(C)(OC(C)C)OC(C)C. The van der Waals surface area contributed by atoms with Gasteiger partial charge in [-0.05, 0) is 74.3 Å². The predicted molar refractivity (Wildman–Crippen MR) is 92.4 cm³/mol. The first-order chi connectivity index (χ1) is 9.64. The van der Waals surface area contributed by atoms with Crippen LogP contribution in [0.3, 0.4) is 0 Å². The molecule has 0 N–H and O–H groups in total. The van der Waals surface area contributed by atoms with Gasteiger partial charge in [0.1, 0.15) is 0 Å². The fourth-order valence-corrected chi connectivity index (χ4v) is 2.10. The van der Waals surface area contributed by atoms with Crippen LogP contribution < -0.4 is 0 Å². The number of hydrogen-bond acceptors (Lipinski definition) is 2. The van der Waals surface area contributed by atoms with Crippen molar-refractivity contribution in [2.24, 2.45) is 0 Å². The highest BCUT2D eigenvalue weighted by Crippen LogP contribution is 2.20. The van der Waals surface area contributed by atoms with Gasteiger partial charge < -0.3 is 9.47 Å². The molecule has 0 unspecified atom stereocenters. The van der Waals surface area contributed by atoms with E-state index in [2.05, 4.69) is 32.9 Å². The molecule has 0 fully saturated rings. The molecular formula is C19H34O2. The summed E-state index contributed by atoms with van der Waals surface area (Å²) in [6, 6.07) is 0. The van der Waals surface area contributed by atoms with E-state index in [-0.39, 0.29) is 12.2 Å². The third kappa shape index (κ3) is 11.5. The molecule has 0 aliphatic rings. The molecule has 0 heterocycles. The third-order valence-corrected chi connectivity index (χ3v) is 2.81. The molecule has 0 amide bonds. The quantitative estimate of drug-likeness (QED) is 0.304. The van der Waals surface area contributed by atoms with E-state index >= 15 is 0 Å². The average Bonchev–Trinajstić information content (AvgIpc) is 2.25. The first-order valence-corrected chi connectivity index (χ1v) is 7.98. The molecule has 0 aromatic carbocycles. The van der Waals surface area contributed by atoms with Crippen LogP contribution in [0.5, 0.6) is 0 Å². The van der Waals surface area contributed by atoms with Gasteiger partial charge in [-0.25, -0.2) is 0 Å². The van der Waals surface area contributed by atoms with Crippen LogP contribution in [0.15, 0.2) is 35.5 Å². The molecule has 0 saturated heterocycles. The van der Waals surface area contributed by atoms with E-state index in [1.165, 1.54) is 11.1 Å². The second-order valence-electron chi connectivity index (χ2n) is 6.54. The summed E-state index contributed by atoms with van der Waals surface area (Å²) in [5.41, 5.74) is 2.74. The minimum absolute atomic E-state index is 0.126. The van der Waals surface area contributed by atoms with E-state index in [0.29, 0.717) is 0 Å². The summed E-state index contributed by atoms with van der Waals surface area (Å²) in [5, 5.41) is 0. The molecule has 0 radical (unpaired) electrons. The fourth-order valence-electron chi connectivity index (χ4n) is 2.10. The van der Waals surface area contributed by atoms with E-state index in [1.807, 2.05) is 46.8 Å². The Balaban J connectivity index is 4.65. The van der Waals surface area contributed by atoms with Crippen molar-refractivity contribution in [2.75, 3.05) is 0 Å². The predicted octanol–water partition coefficient (Wildman–Crippen LogP) is 5.80. The molecule has 0 aromatic heterocycles. The molecule has 0 atom stereocenters. The molecule has 0 rings (SSSR count). The van der Waals surface area contributed by atoms with Crippen LogP contribution >= 0.6 is 0 Å². The van der Waals surface area contributed by atoms with Crippen LogP contribution in [0.2, 0.25) is 0 Å². The molecule has 0 spiro atoms. The third-order valence-electron chi connectivity index (χ3n) is 2.81. The zero-order valence-electron chi connectivity index (χ0n) is 15.2. The van der Waals surface area contributed by atoms with Gasteiger partial charge in [0.25, 0.3) is 0 Å². The van der Waals surface area contributed by atoms with Crippen molar-refractivity contribution in [3.8, 4) is 0 Å². The molecule has 0 bridgehead atoms. The second-order valence-corrected chi connectivity index (χ2v) is 6.54. The first kappa shape index (κ1) is 20.1. The van der Waals surface area contributed by atoms with E-state index < -0.39 is 5.79 Å². The smallest absolute Gasteiger partial charge is 0.185 e. The molecule has 2 heteroatoms. The minimum Gasteiger partial charge on any atom is -0.344 e. The van der Waals surface area contributed by atoms with Crippen LogP contribution in [0.1, 0.15) is 68.2 Å².